The molecule has 3 nitrogen and oxygen atoms in total. The van der Waals surface area contributed by atoms with Crippen LogP contribution in [0.1, 0.15) is 5.56 Å². The van der Waals surface area contributed by atoms with E-state index in [1.165, 1.54) is 5.56 Å². The minimum Gasteiger partial charge on any atom is -0.383 e. The fourth-order valence-electron chi connectivity index (χ4n) is 2.26. The van der Waals surface area contributed by atoms with Gasteiger partial charge in [0.15, 0.2) is 0 Å². The number of halogens is 2. The van der Waals surface area contributed by atoms with Gasteiger partial charge in [-0.3, -0.25) is 4.68 Å². The van der Waals surface area contributed by atoms with Crippen LogP contribution in [-0.2, 0) is 7.05 Å². The van der Waals surface area contributed by atoms with Crippen LogP contribution in [0.25, 0.3) is 22.4 Å². The summed E-state index contributed by atoms with van der Waals surface area (Å²) in [6.45, 7) is 2.06. The van der Waals surface area contributed by atoms with Crippen molar-refractivity contribution in [3.63, 3.8) is 0 Å². The molecule has 0 aliphatic carbocycles. The van der Waals surface area contributed by atoms with Gasteiger partial charge in [-0.15, -0.1) is 0 Å². The molecule has 3 aromatic rings. The van der Waals surface area contributed by atoms with Crippen molar-refractivity contribution < 1.29 is 0 Å². The van der Waals surface area contributed by atoms with Crippen molar-refractivity contribution >= 4 is 40.4 Å². The zero-order valence-electron chi connectivity index (χ0n) is 11.5. The number of aromatic nitrogens is 2. The molecule has 0 saturated heterocycles. The molecule has 0 bridgehead atoms. The summed E-state index contributed by atoms with van der Waals surface area (Å²) in [4.78, 5) is 0. The molecule has 0 aliphatic rings. The monoisotopic (exact) mass is 337 g/mol. The van der Waals surface area contributed by atoms with Crippen LogP contribution in [0.5, 0.6) is 0 Å². The quantitative estimate of drug-likeness (QED) is 0.713. The maximum Gasteiger partial charge on any atom is 0.129 e. The first kappa shape index (κ1) is 14.4. The summed E-state index contributed by atoms with van der Waals surface area (Å²) in [6, 6.07) is 5.51. The Morgan fingerprint density at radius 3 is 2.57 bits per heavy atom. The van der Waals surface area contributed by atoms with Gasteiger partial charge in [-0.1, -0.05) is 29.3 Å². The van der Waals surface area contributed by atoms with E-state index in [-0.39, 0.29) is 0 Å². The first-order valence-electron chi connectivity index (χ1n) is 6.30. The van der Waals surface area contributed by atoms with E-state index in [0.717, 1.165) is 22.4 Å². The highest BCUT2D eigenvalue weighted by Gasteiger charge is 2.19. The Kier molecular flexibility index (Phi) is 3.69. The molecular weight excluding hydrogens is 325 g/mol. The van der Waals surface area contributed by atoms with Crippen LogP contribution in [0.15, 0.2) is 29.0 Å². The number of hydrogen-bond donors (Lipinski definition) is 1. The summed E-state index contributed by atoms with van der Waals surface area (Å²) in [5.74, 6) is 0.606. The van der Waals surface area contributed by atoms with Crippen molar-refractivity contribution in [2.24, 2.45) is 7.05 Å². The van der Waals surface area contributed by atoms with Crippen molar-refractivity contribution in [1.82, 2.24) is 9.78 Å². The van der Waals surface area contributed by atoms with Gasteiger partial charge in [-0.2, -0.15) is 16.4 Å². The van der Waals surface area contributed by atoms with E-state index < -0.39 is 0 Å². The lowest BCUT2D eigenvalue weighted by atomic mass is 10.0. The Bertz CT molecular complexity index is 820. The van der Waals surface area contributed by atoms with Gasteiger partial charge in [-0.05, 0) is 35.6 Å². The molecule has 2 heterocycles. The number of nitrogen functional groups attached to an aromatic ring is 1. The highest BCUT2D eigenvalue weighted by atomic mass is 35.5. The molecule has 0 saturated carbocycles. The van der Waals surface area contributed by atoms with Crippen molar-refractivity contribution in [1.29, 1.82) is 0 Å². The van der Waals surface area contributed by atoms with Crippen molar-refractivity contribution in [2.45, 2.75) is 6.92 Å². The Labute approximate surface area is 136 Å². The predicted octanol–water partition coefficient (Wildman–Crippen LogP) is 5.01. The number of hydrogen-bond acceptors (Lipinski definition) is 3. The van der Waals surface area contributed by atoms with Crippen LogP contribution in [0.2, 0.25) is 10.0 Å². The molecule has 2 N–H and O–H groups in total. The average molecular weight is 338 g/mol. The van der Waals surface area contributed by atoms with Gasteiger partial charge in [0.25, 0.3) is 0 Å². The SMILES string of the molecule is Cc1cscc1-c1nn(C)c(N)c1-c1ccc(Cl)c(Cl)c1. The third-order valence-electron chi connectivity index (χ3n) is 3.41. The molecule has 0 amide bonds. The van der Waals surface area contributed by atoms with Crippen molar-refractivity contribution in [3.8, 4) is 22.4 Å². The molecule has 0 fully saturated rings. The Balaban J connectivity index is 2.27. The van der Waals surface area contributed by atoms with Gasteiger partial charge >= 0.3 is 0 Å². The molecular formula is C15H13Cl2N3S. The standard InChI is InChI=1S/C15H13Cl2N3S/c1-8-6-21-7-10(8)14-13(15(18)20(2)19-14)9-3-4-11(16)12(17)5-9/h3-7H,18H2,1-2H3. The van der Waals surface area contributed by atoms with Crippen molar-refractivity contribution in [2.75, 3.05) is 5.73 Å². The summed E-state index contributed by atoms with van der Waals surface area (Å²) in [5, 5.41) is 9.77. The maximum atomic E-state index is 6.21. The number of thiophene rings is 1. The van der Waals surface area contributed by atoms with Gasteiger partial charge in [0.05, 0.1) is 15.6 Å². The molecule has 3 rings (SSSR count). The van der Waals surface area contributed by atoms with Gasteiger partial charge in [-0.25, -0.2) is 0 Å². The van der Waals surface area contributed by atoms with Gasteiger partial charge in [0.1, 0.15) is 11.5 Å². The molecule has 0 unspecified atom stereocenters. The van der Waals surface area contributed by atoms with Crippen LogP contribution >= 0.6 is 34.5 Å². The fourth-order valence-corrected chi connectivity index (χ4v) is 3.40. The number of nitrogens with two attached hydrogens (primary N) is 1. The van der Waals surface area contributed by atoms with Crippen LogP contribution < -0.4 is 5.73 Å². The molecule has 0 aliphatic heterocycles. The second kappa shape index (κ2) is 5.37. The molecule has 21 heavy (non-hydrogen) atoms. The molecule has 0 atom stereocenters. The zero-order valence-corrected chi connectivity index (χ0v) is 13.9. The summed E-state index contributed by atoms with van der Waals surface area (Å²) < 4.78 is 1.68. The van der Waals surface area contributed by atoms with Gasteiger partial charge in [0.2, 0.25) is 0 Å². The van der Waals surface area contributed by atoms with E-state index in [2.05, 4.69) is 22.8 Å². The molecule has 2 aromatic heterocycles. The minimum absolute atomic E-state index is 0.505. The number of rotatable bonds is 2. The Morgan fingerprint density at radius 1 is 1.19 bits per heavy atom. The highest BCUT2D eigenvalue weighted by molar-refractivity contribution is 7.08. The third kappa shape index (κ3) is 2.44. The smallest absolute Gasteiger partial charge is 0.129 e. The summed E-state index contributed by atoms with van der Waals surface area (Å²) in [6.07, 6.45) is 0. The molecule has 1 aromatic carbocycles. The first-order valence-corrected chi connectivity index (χ1v) is 8.00. The predicted molar refractivity (Wildman–Crippen MR) is 91.1 cm³/mol. The lowest BCUT2D eigenvalue weighted by molar-refractivity contribution is 0.782. The number of aryl methyl sites for hydroxylation is 2. The second-order valence-corrected chi connectivity index (χ2v) is 6.39. The number of nitrogens with zero attached hydrogens (tertiary/aromatic N) is 2. The number of anilines is 1. The topological polar surface area (TPSA) is 43.8 Å². The van der Waals surface area contributed by atoms with Gasteiger partial charge in [0, 0.05) is 18.0 Å². The maximum absolute atomic E-state index is 6.21. The highest BCUT2D eigenvalue weighted by Crippen LogP contribution is 2.39. The van der Waals surface area contributed by atoms with Gasteiger partial charge < -0.3 is 5.73 Å². The van der Waals surface area contributed by atoms with E-state index >= 15 is 0 Å². The molecule has 0 spiro atoms. The van der Waals surface area contributed by atoms with E-state index in [4.69, 9.17) is 28.9 Å². The summed E-state index contributed by atoms with van der Waals surface area (Å²) in [7, 11) is 1.83. The average Bonchev–Trinajstić information content (AvgIpc) is 2.98. The molecule has 0 radical (unpaired) electrons. The van der Waals surface area contributed by atoms with E-state index in [1.54, 1.807) is 22.1 Å². The Hall–Kier alpha value is -1.49. The van der Waals surface area contributed by atoms with Crippen molar-refractivity contribution in [3.05, 3.63) is 44.6 Å². The fraction of sp³-hybridized carbons (Fsp3) is 0.133. The largest absolute Gasteiger partial charge is 0.383 e. The van der Waals surface area contributed by atoms with Crippen LogP contribution in [0.4, 0.5) is 5.82 Å². The first-order chi connectivity index (χ1) is 9.99. The lowest BCUT2D eigenvalue weighted by Gasteiger charge is -2.06. The second-order valence-electron chi connectivity index (χ2n) is 4.83. The summed E-state index contributed by atoms with van der Waals surface area (Å²) >= 11 is 13.8. The van der Waals surface area contributed by atoms with E-state index in [9.17, 15) is 0 Å². The van der Waals surface area contributed by atoms with E-state index in [0.29, 0.717) is 15.9 Å². The molecule has 108 valence electrons. The summed E-state index contributed by atoms with van der Waals surface area (Å²) in [5.41, 5.74) is 11.1. The third-order valence-corrected chi connectivity index (χ3v) is 5.01. The lowest BCUT2D eigenvalue weighted by Crippen LogP contribution is -1.98. The van der Waals surface area contributed by atoms with E-state index in [1.807, 2.05) is 19.2 Å². The number of benzene rings is 1. The van der Waals surface area contributed by atoms with Crippen LogP contribution in [-0.4, -0.2) is 9.78 Å². The van der Waals surface area contributed by atoms with Crippen LogP contribution in [0, 0.1) is 6.92 Å². The zero-order chi connectivity index (χ0) is 15.1. The molecule has 6 heteroatoms. The van der Waals surface area contributed by atoms with Crippen LogP contribution in [0.3, 0.4) is 0 Å². The normalized spacial score (nSPS) is 11.0. The minimum atomic E-state index is 0.505. The Morgan fingerprint density at radius 2 is 1.95 bits per heavy atom.